The minimum absolute atomic E-state index is 0.219. The fraction of sp³-hybridized carbons (Fsp3) is 0.650. The van der Waals surface area contributed by atoms with Crippen LogP contribution in [0.4, 0.5) is 0 Å². The molecule has 2 N–H and O–H groups in total. The number of likely N-dealkylation sites (N-methyl/N-ethyl adjacent to an activating group) is 2. The van der Waals surface area contributed by atoms with Crippen LogP contribution < -0.4 is 5.32 Å². The number of nitrogens with zero attached hydrogens (tertiary/aromatic N) is 3. The lowest BCUT2D eigenvalue weighted by molar-refractivity contribution is -0.117. The molecule has 1 amide bonds. The zero-order chi connectivity index (χ0) is 19.9. The average molecular weight is 367 g/mol. The van der Waals surface area contributed by atoms with Crippen molar-refractivity contribution >= 4 is 5.91 Å². The SMILES string of the molecule is C=C(/C=C/C(=O)NCC(O)CN(C)CC/C=C\C)N(C)CCCN(C)C. The van der Waals surface area contributed by atoms with Crippen LogP contribution in [0.15, 0.2) is 36.6 Å². The van der Waals surface area contributed by atoms with Crippen LogP contribution in [0.3, 0.4) is 0 Å². The number of amides is 1. The van der Waals surface area contributed by atoms with Crippen LogP contribution in [0.2, 0.25) is 0 Å². The van der Waals surface area contributed by atoms with Crippen molar-refractivity contribution in [2.45, 2.75) is 25.9 Å². The van der Waals surface area contributed by atoms with Gasteiger partial charge >= 0.3 is 0 Å². The first-order chi connectivity index (χ1) is 12.3. The van der Waals surface area contributed by atoms with Gasteiger partial charge in [0, 0.05) is 45.0 Å². The van der Waals surface area contributed by atoms with E-state index in [-0.39, 0.29) is 12.5 Å². The molecule has 1 unspecified atom stereocenters. The third kappa shape index (κ3) is 13.6. The van der Waals surface area contributed by atoms with E-state index in [1.54, 1.807) is 6.08 Å². The Kier molecular flexibility index (Phi) is 13.6. The Balaban J connectivity index is 4.04. The van der Waals surface area contributed by atoms with E-state index in [1.165, 1.54) is 6.08 Å². The number of allylic oxidation sites excluding steroid dienone is 2. The van der Waals surface area contributed by atoms with Crippen molar-refractivity contribution in [1.82, 2.24) is 20.0 Å². The summed E-state index contributed by atoms with van der Waals surface area (Å²) in [6.45, 7) is 9.53. The second-order valence-electron chi connectivity index (χ2n) is 6.92. The number of carbonyl (C=O) groups excluding carboxylic acids is 1. The minimum atomic E-state index is -0.583. The Hall–Kier alpha value is -1.63. The van der Waals surface area contributed by atoms with Crippen molar-refractivity contribution in [3.05, 3.63) is 36.6 Å². The van der Waals surface area contributed by atoms with E-state index in [4.69, 9.17) is 0 Å². The lowest BCUT2D eigenvalue weighted by atomic mass is 10.3. The largest absolute Gasteiger partial charge is 0.390 e. The van der Waals surface area contributed by atoms with Crippen LogP contribution in [-0.4, -0.2) is 92.7 Å². The molecule has 150 valence electrons. The number of nitrogens with one attached hydrogen (secondary N) is 1. The maximum absolute atomic E-state index is 11.9. The first-order valence-electron chi connectivity index (χ1n) is 9.24. The first kappa shape index (κ1) is 24.4. The summed E-state index contributed by atoms with van der Waals surface area (Å²) < 4.78 is 0. The van der Waals surface area contributed by atoms with Gasteiger partial charge < -0.3 is 25.1 Å². The van der Waals surface area contributed by atoms with Crippen LogP contribution in [0.5, 0.6) is 0 Å². The fourth-order valence-corrected chi connectivity index (χ4v) is 2.32. The molecule has 0 aromatic carbocycles. The number of hydrogen-bond acceptors (Lipinski definition) is 5. The standard InChI is InChI=1S/C20H38N4O2/c1-7-8-9-14-23(5)17-19(25)16-21-20(26)12-11-18(2)24(6)15-10-13-22(3)4/h7-8,11-12,19,25H,2,9-10,13-17H2,1,3-6H3,(H,21,26)/b8-7-,12-11+. The van der Waals surface area contributed by atoms with Crippen molar-refractivity contribution in [3.8, 4) is 0 Å². The molecule has 0 fully saturated rings. The van der Waals surface area contributed by atoms with Gasteiger partial charge in [-0.2, -0.15) is 0 Å². The van der Waals surface area contributed by atoms with Gasteiger partial charge in [-0.3, -0.25) is 4.79 Å². The predicted molar refractivity (Wildman–Crippen MR) is 110 cm³/mol. The van der Waals surface area contributed by atoms with E-state index in [2.05, 4.69) is 27.8 Å². The summed E-state index contributed by atoms with van der Waals surface area (Å²) in [5.41, 5.74) is 0.795. The molecule has 0 bridgehead atoms. The Labute approximate surface area is 159 Å². The van der Waals surface area contributed by atoms with Gasteiger partial charge in [0.25, 0.3) is 0 Å². The molecule has 0 aliphatic rings. The Morgan fingerprint density at radius 2 is 1.85 bits per heavy atom. The summed E-state index contributed by atoms with van der Waals surface area (Å²) in [6.07, 6.45) is 8.70. The first-order valence-corrected chi connectivity index (χ1v) is 9.24. The summed E-state index contributed by atoms with van der Waals surface area (Å²) >= 11 is 0. The average Bonchev–Trinajstić information content (AvgIpc) is 2.57. The van der Waals surface area contributed by atoms with E-state index in [0.717, 1.165) is 38.2 Å². The fourth-order valence-electron chi connectivity index (χ4n) is 2.32. The molecule has 0 aromatic heterocycles. The van der Waals surface area contributed by atoms with Gasteiger partial charge in [0.2, 0.25) is 5.91 Å². The monoisotopic (exact) mass is 366 g/mol. The van der Waals surface area contributed by atoms with Gasteiger partial charge in [0.15, 0.2) is 0 Å². The third-order valence-electron chi connectivity index (χ3n) is 3.96. The Bertz CT molecular complexity index is 461. The molecule has 0 heterocycles. The summed E-state index contributed by atoms with van der Waals surface area (Å²) in [7, 11) is 8.03. The summed E-state index contributed by atoms with van der Waals surface area (Å²) in [4.78, 5) is 18.1. The van der Waals surface area contributed by atoms with Crippen molar-refractivity contribution in [1.29, 1.82) is 0 Å². The second kappa shape index (κ2) is 14.5. The van der Waals surface area contributed by atoms with Crippen LogP contribution in [-0.2, 0) is 4.79 Å². The van der Waals surface area contributed by atoms with Gasteiger partial charge in [0.1, 0.15) is 0 Å². The molecule has 0 spiro atoms. The maximum Gasteiger partial charge on any atom is 0.244 e. The van der Waals surface area contributed by atoms with Gasteiger partial charge in [-0.05, 0) is 53.5 Å². The number of aliphatic hydroxyl groups excluding tert-OH is 1. The lowest BCUT2D eigenvalue weighted by Gasteiger charge is -2.21. The van der Waals surface area contributed by atoms with Crippen LogP contribution in [0.25, 0.3) is 0 Å². The highest BCUT2D eigenvalue weighted by molar-refractivity contribution is 5.87. The lowest BCUT2D eigenvalue weighted by Crippen LogP contribution is -2.38. The zero-order valence-electron chi connectivity index (χ0n) is 17.2. The molecular formula is C20H38N4O2. The molecular weight excluding hydrogens is 328 g/mol. The number of rotatable bonds is 14. The number of aliphatic hydroxyl groups is 1. The number of hydrogen-bond donors (Lipinski definition) is 2. The highest BCUT2D eigenvalue weighted by Crippen LogP contribution is 2.01. The third-order valence-corrected chi connectivity index (χ3v) is 3.96. The van der Waals surface area contributed by atoms with E-state index in [9.17, 15) is 9.90 Å². The summed E-state index contributed by atoms with van der Waals surface area (Å²) in [5, 5.41) is 12.7. The van der Waals surface area contributed by atoms with Crippen LogP contribution in [0.1, 0.15) is 19.8 Å². The highest BCUT2D eigenvalue weighted by atomic mass is 16.3. The highest BCUT2D eigenvalue weighted by Gasteiger charge is 2.08. The van der Waals surface area contributed by atoms with Gasteiger partial charge in [-0.25, -0.2) is 0 Å². The second-order valence-corrected chi connectivity index (χ2v) is 6.92. The Morgan fingerprint density at radius 1 is 1.15 bits per heavy atom. The topological polar surface area (TPSA) is 59.1 Å². The van der Waals surface area contributed by atoms with E-state index >= 15 is 0 Å². The molecule has 0 aromatic rings. The van der Waals surface area contributed by atoms with E-state index in [0.29, 0.717) is 6.54 Å². The van der Waals surface area contributed by atoms with Gasteiger partial charge in [0.05, 0.1) is 6.10 Å². The van der Waals surface area contributed by atoms with Gasteiger partial charge in [-0.15, -0.1) is 0 Å². The maximum atomic E-state index is 11.9. The molecule has 1 atom stereocenters. The molecule has 6 heteroatoms. The quantitative estimate of drug-likeness (QED) is 0.276. The molecule has 0 rings (SSSR count). The van der Waals surface area contributed by atoms with E-state index < -0.39 is 6.10 Å². The molecule has 0 saturated heterocycles. The smallest absolute Gasteiger partial charge is 0.244 e. The van der Waals surface area contributed by atoms with Crippen molar-refractivity contribution in [2.75, 3.05) is 60.9 Å². The van der Waals surface area contributed by atoms with E-state index in [1.807, 2.05) is 46.1 Å². The van der Waals surface area contributed by atoms with Crippen molar-refractivity contribution in [3.63, 3.8) is 0 Å². The number of carbonyl (C=O) groups is 1. The van der Waals surface area contributed by atoms with Crippen LogP contribution in [0, 0.1) is 0 Å². The summed E-state index contributed by atoms with van der Waals surface area (Å²) in [5.74, 6) is -0.219. The molecule has 0 aliphatic carbocycles. The van der Waals surface area contributed by atoms with Crippen molar-refractivity contribution < 1.29 is 9.90 Å². The minimum Gasteiger partial charge on any atom is -0.390 e. The van der Waals surface area contributed by atoms with Crippen LogP contribution >= 0.6 is 0 Å². The molecule has 0 aliphatic heterocycles. The Morgan fingerprint density at radius 3 is 2.46 bits per heavy atom. The zero-order valence-corrected chi connectivity index (χ0v) is 17.2. The molecule has 6 nitrogen and oxygen atoms in total. The molecule has 26 heavy (non-hydrogen) atoms. The van der Waals surface area contributed by atoms with Crippen molar-refractivity contribution in [2.24, 2.45) is 0 Å². The predicted octanol–water partition coefficient (Wildman–Crippen LogP) is 1.31. The molecule has 0 radical (unpaired) electrons. The molecule has 0 saturated carbocycles. The van der Waals surface area contributed by atoms with Gasteiger partial charge in [-0.1, -0.05) is 18.7 Å². The summed E-state index contributed by atoms with van der Waals surface area (Å²) in [6, 6.07) is 0. The normalized spacial score (nSPS) is 13.1.